The zero-order chi connectivity index (χ0) is 20.5. The van der Waals surface area contributed by atoms with Gasteiger partial charge < -0.3 is 10.2 Å². The lowest BCUT2D eigenvalue weighted by molar-refractivity contribution is 0.669. The number of para-hydroxylation sites is 1. The van der Waals surface area contributed by atoms with Crippen LogP contribution in [0.2, 0.25) is 0 Å². The maximum absolute atomic E-state index is 8.39. The van der Waals surface area contributed by atoms with Crippen molar-refractivity contribution < 1.29 is 4.42 Å². The molecule has 0 radical (unpaired) electrons. The molecule has 0 aliphatic rings. The minimum Gasteiger partial charge on any atom is -0.456 e. The zero-order valence-electron chi connectivity index (χ0n) is 16.2. The van der Waals surface area contributed by atoms with E-state index in [0.717, 1.165) is 38.6 Å². The average molecular weight is 389 g/mol. The largest absolute Gasteiger partial charge is 0.456 e. The smallest absolute Gasteiger partial charge is 0.154 e. The first-order valence-corrected chi connectivity index (χ1v) is 9.69. The Balaban J connectivity index is 1.42. The van der Waals surface area contributed by atoms with E-state index in [1.807, 2.05) is 84.9 Å². The van der Waals surface area contributed by atoms with Crippen LogP contribution in [0.5, 0.6) is 0 Å². The van der Waals surface area contributed by atoms with Crippen LogP contribution in [0.4, 0.5) is 0 Å². The summed E-state index contributed by atoms with van der Waals surface area (Å²) in [7, 11) is 0. The Hall–Kier alpha value is -4.18. The lowest BCUT2D eigenvalue weighted by atomic mass is 10.0. The standard InChI is InChI=1S/C26H19N3O/c27-25(19-12-10-18(11-13-19)17-6-2-1-3-7-17)29-26(28)20-14-15-22-21-8-4-5-9-23(21)30-24(22)16-20/h1-16H,(H3,27,28,29). The van der Waals surface area contributed by atoms with Gasteiger partial charge in [0.1, 0.15) is 17.0 Å². The first kappa shape index (κ1) is 17.9. The van der Waals surface area contributed by atoms with Crippen LogP contribution in [-0.2, 0) is 0 Å². The number of furan rings is 1. The minimum absolute atomic E-state index is 0.0991. The lowest BCUT2D eigenvalue weighted by Crippen LogP contribution is -2.15. The van der Waals surface area contributed by atoms with Crippen molar-refractivity contribution in [3.8, 4) is 11.1 Å². The van der Waals surface area contributed by atoms with E-state index in [1.54, 1.807) is 0 Å². The van der Waals surface area contributed by atoms with Gasteiger partial charge in [-0.25, -0.2) is 4.99 Å². The second-order valence-electron chi connectivity index (χ2n) is 7.10. The quantitative estimate of drug-likeness (QED) is 0.294. The maximum atomic E-state index is 8.39. The Bertz CT molecular complexity index is 1400. The lowest BCUT2D eigenvalue weighted by Gasteiger charge is -2.05. The second kappa shape index (κ2) is 7.33. The van der Waals surface area contributed by atoms with Crippen molar-refractivity contribution in [1.29, 1.82) is 5.41 Å². The average Bonchev–Trinajstić information content (AvgIpc) is 3.17. The number of hydrogen-bond acceptors (Lipinski definition) is 2. The van der Waals surface area contributed by atoms with E-state index in [2.05, 4.69) is 17.1 Å². The van der Waals surface area contributed by atoms with Crippen molar-refractivity contribution in [1.82, 2.24) is 0 Å². The molecule has 0 atom stereocenters. The summed E-state index contributed by atoms with van der Waals surface area (Å²) in [6.07, 6.45) is 0. The van der Waals surface area contributed by atoms with E-state index in [9.17, 15) is 0 Å². The van der Waals surface area contributed by atoms with Gasteiger partial charge in [0.15, 0.2) is 5.84 Å². The molecule has 5 rings (SSSR count). The van der Waals surface area contributed by atoms with Crippen LogP contribution in [0.25, 0.3) is 33.1 Å². The highest BCUT2D eigenvalue weighted by molar-refractivity contribution is 6.12. The van der Waals surface area contributed by atoms with Crippen molar-refractivity contribution in [3.63, 3.8) is 0 Å². The van der Waals surface area contributed by atoms with Gasteiger partial charge in [0.2, 0.25) is 0 Å². The molecule has 0 unspecified atom stereocenters. The summed E-state index contributed by atoms with van der Waals surface area (Å²) in [5.74, 6) is 0.409. The molecule has 0 bridgehead atoms. The summed E-state index contributed by atoms with van der Waals surface area (Å²) in [4.78, 5) is 4.32. The van der Waals surface area contributed by atoms with E-state index in [0.29, 0.717) is 11.4 Å². The highest BCUT2D eigenvalue weighted by Gasteiger charge is 2.10. The monoisotopic (exact) mass is 389 g/mol. The molecule has 3 N–H and O–H groups in total. The SMILES string of the molecule is N=C(N=C(N)c1ccc(-c2ccccc2)cc1)c1ccc2c(c1)oc1ccccc12. The normalized spacial score (nSPS) is 11.8. The van der Waals surface area contributed by atoms with E-state index < -0.39 is 0 Å². The van der Waals surface area contributed by atoms with Crippen LogP contribution >= 0.6 is 0 Å². The summed E-state index contributed by atoms with van der Waals surface area (Å²) < 4.78 is 5.91. The van der Waals surface area contributed by atoms with Crippen LogP contribution in [-0.4, -0.2) is 11.7 Å². The van der Waals surface area contributed by atoms with Crippen molar-refractivity contribution in [2.75, 3.05) is 0 Å². The molecule has 5 aromatic rings. The molecular formula is C26H19N3O. The fourth-order valence-electron chi connectivity index (χ4n) is 3.59. The van der Waals surface area contributed by atoms with Gasteiger partial charge in [-0.3, -0.25) is 5.41 Å². The first-order chi connectivity index (χ1) is 14.7. The topological polar surface area (TPSA) is 75.4 Å². The van der Waals surface area contributed by atoms with Crippen LogP contribution in [0, 0.1) is 5.41 Å². The Kier molecular flexibility index (Phi) is 4.37. The van der Waals surface area contributed by atoms with Crippen LogP contribution in [0.1, 0.15) is 11.1 Å². The number of benzene rings is 4. The van der Waals surface area contributed by atoms with Gasteiger partial charge in [-0.15, -0.1) is 0 Å². The summed E-state index contributed by atoms with van der Waals surface area (Å²) in [6.45, 7) is 0. The van der Waals surface area contributed by atoms with Crippen LogP contribution in [0.3, 0.4) is 0 Å². The highest BCUT2D eigenvalue weighted by atomic mass is 16.3. The number of nitrogens with two attached hydrogens (primary N) is 1. The molecule has 30 heavy (non-hydrogen) atoms. The second-order valence-corrected chi connectivity index (χ2v) is 7.10. The molecule has 144 valence electrons. The predicted octanol–water partition coefficient (Wildman–Crippen LogP) is 5.98. The molecule has 4 aromatic carbocycles. The molecule has 1 heterocycles. The van der Waals surface area contributed by atoms with Gasteiger partial charge in [0.05, 0.1) is 0 Å². The molecule has 4 heteroatoms. The number of nitrogens with zero attached hydrogens (tertiary/aromatic N) is 1. The molecule has 0 saturated carbocycles. The number of amidine groups is 2. The predicted molar refractivity (Wildman–Crippen MR) is 123 cm³/mol. The fourth-order valence-corrected chi connectivity index (χ4v) is 3.59. The number of rotatable bonds is 3. The van der Waals surface area contributed by atoms with Crippen LogP contribution < -0.4 is 5.73 Å². The third-order valence-electron chi connectivity index (χ3n) is 5.17. The van der Waals surface area contributed by atoms with Crippen LogP contribution in [0.15, 0.2) is 106 Å². The Morgan fingerprint density at radius 2 is 1.30 bits per heavy atom. The van der Waals surface area contributed by atoms with E-state index in [1.165, 1.54) is 0 Å². The molecule has 0 aliphatic carbocycles. The molecule has 0 aliphatic heterocycles. The molecule has 1 aromatic heterocycles. The maximum Gasteiger partial charge on any atom is 0.154 e. The van der Waals surface area contributed by atoms with E-state index in [4.69, 9.17) is 15.6 Å². The molecule has 0 amide bonds. The van der Waals surface area contributed by atoms with Gasteiger partial charge in [0.25, 0.3) is 0 Å². The Labute approximate surface area is 173 Å². The number of fused-ring (bicyclic) bond motifs is 3. The van der Waals surface area contributed by atoms with Crippen molar-refractivity contribution in [2.45, 2.75) is 0 Å². The summed E-state index contributed by atoms with van der Waals surface area (Å²) in [5.41, 5.74) is 11.4. The van der Waals surface area contributed by atoms with E-state index in [-0.39, 0.29) is 5.84 Å². The minimum atomic E-state index is 0.0991. The van der Waals surface area contributed by atoms with Crippen molar-refractivity contribution in [3.05, 3.63) is 108 Å². The third-order valence-corrected chi connectivity index (χ3v) is 5.17. The Morgan fingerprint density at radius 1 is 0.667 bits per heavy atom. The van der Waals surface area contributed by atoms with Gasteiger partial charge in [-0.2, -0.15) is 0 Å². The van der Waals surface area contributed by atoms with Gasteiger partial charge in [0, 0.05) is 21.9 Å². The zero-order valence-corrected chi connectivity index (χ0v) is 16.2. The van der Waals surface area contributed by atoms with E-state index >= 15 is 0 Å². The van der Waals surface area contributed by atoms with Gasteiger partial charge in [-0.05, 0) is 29.3 Å². The number of hydrogen-bond donors (Lipinski definition) is 2. The molecule has 0 spiro atoms. The summed E-state index contributed by atoms with van der Waals surface area (Å²) in [6, 6.07) is 31.6. The summed E-state index contributed by atoms with van der Waals surface area (Å²) >= 11 is 0. The summed E-state index contributed by atoms with van der Waals surface area (Å²) in [5, 5.41) is 10.5. The van der Waals surface area contributed by atoms with Gasteiger partial charge in [-0.1, -0.05) is 78.9 Å². The highest BCUT2D eigenvalue weighted by Crippen LogP contribution is 2.29. The first-order valence-electron chi connectivity index (χ1n) is 9.69. The molecule has 0 fully saturated rings. The van der Waals surface area contributed by atoms with Gasteiger partial charge >= 0.3 is 0 Å². The Morgan fingerprint density at radius 3 is 2.10 bits per heavy atom. The number of nitrogens with one attached hydrogen (secondary N) is 1. The molecular weight excluding hydrogens is 370 g/mol. The fraction of sp³-hybridized carbons (Fsp3) is 0. The number of aliphatic imine (C=N–C) groups is 1. The molecule has 4 nitrogen and oxygen atoms in total. The molecule has 0 saturated heterocycles. The van der Waals surface area contributed by atoms with Crippen molar-refractivity contribution >= 4 is 33.6 Å². The van der Waals surface area contributed by atoms with Crippen molar-refractivity contribution in [2.24, 2.45) is 10.7 Å². The third kappa shape index (κ3) is 3.25.